The normalized spacial score (nSPS) is 12.1. The first-order valence-electron chi connectivity index (χ1n) is 5.87. The minimum atomic E-state index is -0.963. The van der Waals surface area contributed by atoms with Crippen LogP contribution in [-0.4, -0.2) is 15.4 Å². The van der Waals surface area contributed by atoms with Crippen LogP contribution in [0.15, 0.2) is 35.5 Å². The van der Waals surface area contributed by atoms with Gasteiger partial charge in [0.25, 0.3) is 0 Å². The maximum Gasteiger partial charge on any atom is 0.303 e. The Labute approximate surface area is 118 Å². The predicted octanol–water partition coefficient (Wildman–Crippen LogP) is 3.62. The molecule has 1 aromatic carbocycles. The highest BCUT2D eigenvalue weighted by molar-refractivity contribution is 7.09. The van der Waals surface area contributed by atoms with Gasteiger partial charge in [-0.25, -0.2) is 0 Å². The van der Waals surface area contributed by atoms with E-state index in [1.807, 2.05) is 0 Å². The zero-order valence-electron chi connectivity index (χ0n) is 10.3. The number of carbonyl (C=O) groups is 1. The molecule has 0 amide bonds. The van der Waals surface area contributed by atoms with Crippen LogP contribution in [-0.2, 0) is 4.79 Å². The van der Waals surface area contributed by atoms with Crippen LogP contribution in [0.5, 0.6) is 0 Å². The van der Waals surface area contributed by atoms with Crippen molar-refractivity contribution < 1.29 is 14.3 Å². The monoisotopic (exact) mass is 294 g/mol. The van der Waals surface area contributed by atoms with E-state index in [1.165, 1.54) is 6.07 Å². The minimum Gasteiger partial charge on any atom is -0.481 e. The first-order valence-corrected chi connectivity index (χ1v) is 6.64. The molecule has 0 aliphatic rings. The molecule has 1 aromatic heterocycles. The number of nitrogens with zero attached hydrogens (tertiary/aromatic N) is 2. The molecule has 1 atom stereocenters. The topological polar surface area (TPSA) is 79.6 Å². The molecule has 0 aliphatic heterocycles. The number of rotatable bonds is 6. The van der Waals surface area contributed by atoms with E-state index in [4.69, 9.17) is 5.11 Å². The van der Waals surface area contributed by atoms with Gasteiger partial charge in [0.1, 0.15) is 6.04 Å². The van der Waals surface area contributed by atoms with E-state index in [2.05, 4.69) is 9.55 Å². The van der Waals surface area contributed by atoms with Crippen LogP contribution < -0.4 is 0 Å². The third-order valence-corrected chi connectivity index (χ3v) is 3.64. The summed E-state index contributed by atoms with van der Waals surface area (Å²) in [6, 6.07) is 7.52. The zero-order valence-corrected chi connectivity index (χ0v) is 11.1. The third kappa shape index (κ3) is 3.45. The van der Waals surface area contributed by atoms with Crippen molar-refractivity contribution in [3.05, 3.63) is 46.8 Å². The average Bonchev–Trinajstić information content (AvgIpc) is 2.86. The molecular weight excluding hydrogens is 283 g/mol. The third-order valence-electron chi connectivity index (χ3n) is 2.82. The van der Waals surface area contributed by atoms with Crippen LogP contribution in [0.25, 0.3) is 10.4 Å². The minimum absolute atomic E-state index is 0.113. The Morgan fingerprint density at radius 2 is 2.10 bits per heavy atom. The van der Waals surface area contributed by atoms with E-state index in [9.17, 15) is 14.1 Å². The van der Waals surface area contributed by atoms with Crippen LogP contribution in [0.3, 0.4) is 0 Å². The number of hydrogen-bond acceptors (Lipinski definition) is 5. The fraction of sp³-hybridized carbons (Fsp3) is 0.231. The molecule has 0 aliphatic carbocycles. The Balaban J connectivity index is 2.14. The molecule has 104 valence electrons. The average molecular weight is 294 g/mol. The molecule has 0 fully saturated rings. The largest absolute Gasteiger partial charge is 0.481 e. The van der Waals surface area contributed by atoms with E-state index >= 15 is 0 Å². The van der Waals surface area contributed by atoms with Gasteiger partial charge in [-0.2, -0.15) is 13.7 Å². The molecule has 0 saturated carbocycles. The molecule has 0 saturated heterocycles. The quantitative estimate of drug-likeness (QED) is 0.825. The second kappa shape index (κ2) is 6.33. The molecule has 0 bridgehead atoms. The summed E-state index contributed by atoms with van der Waals surface area (Å²) in [6.45, 7) is 0. The van der Waals surface area contributed by atoms with E-state index in [-0.39, 0.29) is 12.8 Å². The fourth-order valence-corrected chi connectivity index (χ4v) is 2.43. The number of carboxylic acid groups (broad SMARTS) is 1. The lowest BCUT2D eigenvalue weighted by Gasteiger charge is -2.08. The second-order valence-electron chi connectivity index (χ2n) is 4.19. The van der Waals surface area contributed by atoms with Crippen molar-refractivity contribution in [3.8, 4) is 10.4 Å². The number of halogens is 1. The Morgan fingerprint density at radius 1 is 1.40 bits per heavy atom. The lowest BCUT2D eigenvalue weighted by molar-refractivity contribution is -0.137. The molecular formula is C13H11FN2O3S. The van der Waals surface area contributed by atoms with E-state index in [0.717, 1.165) is 17.1 Å². The first-order chi connectivity index (χ1) is 9.60. The summed E-state index contributed by atoms with van der Waals surface area (Å²) in [4.78, 5) is 22.0. The zero-order chi connectivity index (χ0) is 14.5. The second-order valence-corrected chi connectivity index (χ2v) is 4.99. The molecule has 0 radical (unpaired) electrons. The number of benzene rings is 1. The summed E-state index contributed by atoms with van der Waals surface area (Å²) < 4.78 is 16.4. The van der Waals surface area contributed by atoms with E-state index in [1.54, 1.807) is 24.3 Å². The molecule has 20 heavy (non-hydrogen) atoms. The van der Waals surface area contributed by atoms with Gasteiger partial charge in [-0.1, -0.05) is 29.4 Å². The summed E-state index contributed by atoms with van der Waals surface area (Å²) in [7, 11) is 0. The van der Waals surface area contributed by atoms with Gasteiger partial charge in [-0.3, -0.25) is 4.79 Å². The van der Waals surface area contributed by atoms with Crippen molar-refractivity contribution in [1.29, 1.82) is 0 Å². The van der Waals surface area contributed by atoms with Crippen LogP contribution in [0, 0.1) is 10.9 Å². The standard InChI is InChI=1S/C13H11FN2O3S/c14-12-7-11(20-16-12)9-3-1-8(2-4-9)10(15-19)5-6-13(17)18/h1-4,7,10H,5-6H2,(H,17,18). The SMILES string of the molecule is O=NC(CCC(=O)O)c1ccc(-c2cc(F)ns2)cc1. The van der Waals surface area contributed by atoms with E-state index in [0.29, 0.717) is 10.4 Å². The van der Waals surface area contributed by atoms with Crippen LogP contribution >= 0.6 is 11.5 Å². The number of aliphatic carboxylic acids is 1. The number of hydrogen-bond donors (Lipinski definition) is 1. The highest BCUT2D eigenvalue weighted by Crippen LogP contribution is 2.28. The molecule has 7 heteroatoms. The first kappa shape index (κ1) is 14.3. The Kier molecular flexibility index (Phi) is 4.52. The maximum absolute atomic E-state index is 12.8. The Bertz CT molecular complexity index is 612. The van der Waals surface area contributed by atoms with Crippen molar-refractivity contribution in [1.82, 2.24) is 4.37 Å². The van der Waals surface area contributed by atoms with Gasteiger partial charge in [0.2, 0.25) is 5.95 Å². The van der Waals surface area contributed by atoms with Gasteiger partial charge in [0.15, 0.2) is 0 Å². The summed E-state index contributed by atoms with van der Waals surface area (Å²) in [5.41, 5.74) is 1.44. The highest BCUT2D eigenvalue weighted by atomic mass is 32.1. The van der Waals surface area contributed by atoms with Gasteiger partial charge in [0, 0.05) is 12.5 Å². The van der Waals surface area contributed by atoms with Gasteiger partial charge in [0.05, 0.1) is 4.88 Å². The predicted molar refractivity (Wildman–Crippen MR) is 72.9 cm³/mol. The smallest absolute Gasteiger partial charge is 0.303 e. The van der Waals surface area contributed by atoms with Gasteiger partial charge >= 0.3 is 5.97 Å². The summed E-state index contributed by atoms with van der Waals surface area (Å²) >= 11 is 1.05. The molecule has 2 rings (SSSR count). The lowest BCUT2D eigenvalue weighted by atomic mass is 10.0. The van der Waals surface area contributed by atoms with Crippen molar-refractivity contribution in [2.45, 2.75) is 18.9 Å². The van der Waals surface area contributed by atoms with Crippen molar-refractivity contribution in [2.75, 3.05) is 0 Å². The van der Waals surface area contributed by atoms with Gasteiger partial charge < -0.3 is 5.11 Å². The van der Waals surface area contributed by atoms with Gasteiger partial charge in [-0.05, 0) is 29.1 Å². The molecule has 5 nitrogen and oxygen atoms in total. The van der Waals surface area contributed by atoms with Crippen LogP contribution in [0.2, 0.25) is 0 Å². The molecule has 0 spiro atoms. The fourth-order valence-electron chi connectivity index (χ4n) is 1.80. The van der Waals surface area contributed by atoms with Crippen LogP contribution in [0.4, 0.5) is 4.39 Å². The van der Waals surface area contributed by atoms with Gasteiger partial charge in [-0.15, -0.1) is 0 Å². The molecule has 1 N–H and O–H groups in total. The number of carboxylic acids is 1. The Hall–Kier alpha value is -2.15. The van der Waals surface area contributed by atoms with Crippen LogP contribution in [0.1, 0.15) is 24.4 Å². The summed E-state index contributed by atoms with van der Waals surface area (Å²) in [5, 5.41) is 11.6. The molecule has 1 heterocycles. The maximum atomic E-state index is 12.8. The van der Waals surface area contributed by atoms with Crippen molar-refractivity contribution in [3.63, 3.8) is 0 Å². The number of nitroso groups, excluding NO2 is 1. The van der Waals surface area contributed by atoms with Crippen molar-refractivity contribution in [2.24, 2.45) is 5.18 Å². The summed E-state index contributed by atoms with van der Waals surface area (Å²) in [5.74, 6) is -1.49. The van der Waals surface area contributed by atoms with Crippen molar-refractivity contribution >= 4 is 17.5 Å². The highest BCUT2D eigenvalue weighted by Gasteiger charge is 2.14. The summed E-state index contributed by atoms with van der Waals surface area (Å²) in [6.07, 6.45) is 0.0472. The van der Waals surface area contributed by atoms with E-state index < -0.39 is 18.0 Å². The molecule has 1 unspecified atom stereocenters. The Morgan fingerprint density at radius 3 is 2.60 bits per heavy atom. The molecule has 2 aromatic rings. The lowest BCUT2D eigenvalue weighted by Crippen LogP contribution is -2.00. The number of aromatic nitrogens is 1.